The van der Waals surface area contributed by atoms with Crippen molar-refractivity contribution in [3.63, 3.8) is 0 Å². The molecule has 2 heterocycles. The van der Waals surface area contributed by atoms with Gasteiger partial charge in [0.1, 0.15) is 5.75 Å². The monoisotopic (exact) mass is 342 g/mol. The van der Waals surface area contributed by atoms with E-state index in [1.165, 1.54) is 0 Å². The summed E-state index contributed by atoms with van der Waals surface area (Å²) in [4.78, 5) is 23.9. The molecule has 0 saturated heterocycles. The van der Waals surface area contributed by atoms with E-state index in [1.807, 2.05) is 25.6 Å². The molecular formula is C18H22N4O3. The van der Waals surface area contributed by atoms with Crippen LogP contribution in [-0.4, -0.2) is 27.7 Å². The van der Waals surface area contributed by atoms with E-state index in [9.17, 15) is 9.59 Å². The number of carbonyl (C=O) groups excluding carboxylic acids is 2. The molecule has 7 nitrogen and oxygen atoms in total. The highest BCUT2D eigenvalue weighted by molar-refractivity contribution is 5.99. The number of hydrogen-bond acceptors (Lipinski definition) is 4. The zero-order chi connectivity index (χ0) is 18.1. The topological polar surface area (TPSA) is 85.3 Å². The second-order valence-electron chi connectivity index (χ2n) is 6.28. The van der Waals surface area contributed by atoms with Gasteiger partial charge in [0, 0.05) is 24.8 Å². The van der Waals surface area contributed by atoms with Crippen LogP contribution in [0.25, 0.3) is 0 Å². The molecule has 0 aliphatic carbocycles. The number of benzene rings is 1. The lowest BCUT2D eigenvalue weighted by atomic mass is 10.1. The first-order valence-corrected chi connectivity index (χ1v) is 8.25. The van der Waals surface area contributed by atoms with Crippen molar-refractivity contribution in [1.29, 1.82) is 0 Å². The molecule has 0 bridgehead atoms. The summed E-state index contributed by atoms with van der Waals surface area (Å²) in [6.45, 7) is 5.64. The van der Waals surface area contributed by atoms with Crippen molar-refractivity contribution in [2.75, 3.05) is 10.6 Å². The van der Waals surface area contributed by atoms with E-state index in [1.54, 1.807) is 25.1 Å². The van der Waals surface area contributed by atoms with Crippen molar-refractivity contribution in [2.45, 2.75) is 39.7 Å². The van der Waals surface area contributed by atoms with Gasteiger partial charge < -0.3 is 15.4 Å². The SMILES string of the molecule is Cc1nn(C)c(C)c1CCC(=O)Nc1ccc2c(c1)NC(=O)C(C)O2. The highest BCUT2D eigenvalue weighted by Gasteiger charge is 2.23. The summed E-state index contributed by atoms with van der Waals surface area (Å²) in [5.74, 6) is 0.323. The number of amides is 2. The molecule has 1 unspecified atom stereocenters. The number of ether oxygens (including phenoxy) is 1. The number of rotatable bonds is 4. The van der Waals surface area contributed by atoms with Crippen molar-refractivity contribution in [3.05, 3.63) is 35.2 Å². The molecule has 7 heteroatoms. The maximum Gasteiger partial charge on any atom is 0.265 e. The number of aryl methyl sites for hydroxylation is 2. The normalized spacial score (nSPS) is 16.0. The zero-order valence-corrected chi connectivity index (χ0v) is 14.8. The van der Waals surface area contributed by atoms with Crippen LogP contribution in [0.1, 0.15) is 30.3 Å². The van der Waals surface area contributed by atoms with E-state index < -0.39 is 6.10 Å². The van der Waals surface area contributed by atoms with Gasteiger partial charge in [0.25, 0.3) is 5.91 Å². The maximum atomic E-state index is 12.2. The van der Waals surface area contributed by atoms with Gasteiger partial charge in [0.15, 0.2) is 6.10 Å². The van der Waals surface area contributed by atoms with E-state index in [0.29, 0.717) is 30.0 Å². The third-order valence-corrected chi connectivity index (χ3v) is 4.46. The highest BCUT2D eigenvalue weighted by Crippen LogP contribution is 2.32. The highest BCUT2D eigenvalue weighted by atomic mass is 16.5. The van der Waals surface area contributed by atoms with E-state index in [0.717, 1.165) is 17.0 Å². The number of nitrogens with one attached hydrogen (secondary N) is 2. The largest absolute Gasteiger partial charge is 0.479 e. The van der Waals surface area contributed by atoms with Gasteiger partial charge in [-0.15, -0.1) is 0 Å². The molecule has 0 spiro atoms. The molecule has 2 amide bonds. The Kier molecular flexibility index (Phi) is 4.48. The third-order valence-electron chi connectivity index (χ3n) is 4.46. The molecular weight excluding hydrogens is 320 g/mol. The quantitative estimate of drug-likeness (QED) is 0.893. The predicted octanol–water partition coefficient (Wildman–Crippen LogP) is 2.33. The molecule has 132 valence electrons. The van der Waals surface area contributed by atoms with Crippen LogP contribution in [-0.2, 0) is 23.1 Å². The average molecular weight is 342 g/mol. The molecule has 0 radical (unpaired) electrons. The summed E-state index contributed by atoms with van der Waals surface area (Å²) in [6, 6.07) is 5.22. The number of fused-ring (bicyclic) bond motifs is 1. The summed E-state index contributed by atoms with van der Waals surface area (Å²) >= 11 is 0. The molecule has 1 atom stereocenters. The van der Waals surface area contributed by atoms with Crippen LogP contribution in [0.15, 0.2) is 18.2 Å². The Morgan fingerprint density at radius 2 is 2.16 bits per heavy atom. The molecule has 0 fully saturated rings. The summed E-state index contributed by atoms with van der Waals surface area (Å²) in [6.07, 6.45) is 0.489. The Labute approximate surface area is 146 Å². The lowest BCUT2D eigenvalue weighted by Crippen LogP contribution is -2.34. The average Bonchev–Trinajstić information content (AvgIpc) is 2.79. The smallest absolute Gasteiger partial charge is 0.265 e. The van der Waals surface area contributed by atoms with Crippen molar-refractivity contribution in [3.8, 4) is 5.75 Å². The summed E-state index contributed by atoms with van der Waals surface area (Å²) < 4.78 is 7.33. The molecule has 0 saturated carbocycles. The second-order valence-corrected chi connectivity index (χ2v) is 6.28. The Morgan fingerprint density at radius 3 is 2.84 bits per heavy atom. The van der Waals surface area contributed by atoms with Crippen LogP contribution < -0.4 is 15.4 Å². The lowest BCUT2D eigenvalue weighted by molar-refractivity contribution is -0.122. The van der Waals surface area contributed by atoms with E-state index >= 15 is 0 Å². The minimum absolute atomic E-state index is 0.0842. The van der Waals surface area contributed by atoms with Crippen LogP contribution in [0.5, 0.6) is 5.75 Å². The summed E-state index contributed by atoms with van der Waals surface area (Å²) in [7, 11) is 1.90. The Balaban J connectivity index is 1.64. The van der Waals surface area contributed by atoms with Gasteiger partial charge in [-0.3, -0.25) is 14.3 Å². The maximum absolute atomic E-state index is 12.2. The van der Waals surface area contributed by atoms with Crippen LogP contribution in [0.3, 0.4) is 0 Å². The molecule has 1 aliphatic rings. The fraction of sp³-hybridized carbons (Fsp3) is 0.389. The molecule has 1 aromatic heterocycles. The third kappa shape index (κ3) is 3.50. The molecule has 25 heavy (non-hydrogen) atoms. The van der Waals surface area contributed by atoms with Crippen molar-refractivity contribution >= 4 is 23.2 Å². The standard InChI is InChI=1S/C18H22N4O3/c1-10-14(11(2)22(4)21-10)6-8-17(23)19-13-5-7-16-15(9-13)20-18(24)12(3)25-16/h5,7,9,12H,6,8H2,1-4H3,(H,19,23)(H,20,24). The Hall–Kier alpha value is -2.83. The predicted molar refractivity (Wildman–Crippen MR) is 94.8 cm³/mol. The van der Waals surface area contributed by atoms with E-state index in [4.69, 9.17) is 4.74 Å². The summed E-state index contributed by atoms with van der Waals surface area (Å²) in [5, 5.41) is 10.00. The molecule has 1 aromatic carbocycles. The van der Waals surface area contributed by atoms with Crippen LogP contribution in [0.4, 0.5) is 11.4 Å². The molecule has 2 aromatic rings. The molecule has 3 rings (SSSR count). The van der Waals surface area contributed by atoms with Crippen molar-refractivity contribution < 1.29 is 14.3 Å². The first kappa shape index (κ1) is 17.0. The first-order valence-electron chi connectivity index (χ1n) is 8.25. The van der Waals surface area contributed by atoms with Crippen LogP contribution >= 0.6 is 0 Å². The fourth-order valence-corrected chi connectivity index (χ4v) is 2.93. The number of nitrogens with zero attached hydrogens (tertiary/aromatic N) is 2. The van der Waals surface area contributed by atoms with Gasteiger partial charge in [-0.2, -0.15) is 5.10 Å². The molecule has 1 aliphatic heterocycles. The minimum atomic E-state index is -0.515. The van der Waals surface area contributed by atoms with Gasteiger partial charge >= 0.3 is 0 Å². The van der Waals surface area contributed by atoms with Crippen molar-refractivity contribution in [1.82, 2.24) is 9.78 Å². The lowest BCUT2D eigenvalue weighted by Gasteiger charge is -2.23. The van der Waals surface area contributed by atoms with Crippen molar-refractivity contribution in [2.24, 2.45) is 7.05 Å². The zero-order valence-electron chi connectivity index (χ0n) is 14.8. The fourth-order valence-electron chi connectivity index (χ4n) is 2.93. The number of hydrogen-bond donors (Lipinski definition) is 2. The van der Waals surface area contributed by atoms with E-state index in [2.05, 4.69) is 15.7 Å². The van der Waals surface area contributed by atoms with Gasteiger partial charge in [-0.25, -0.2) is 0 Å². The van der Waals surface area contributed by atoms with Gasteiger partial charge in [-0.05, 0) is 51.0 Å². The first-order chi connectivity index (χ1) is 11.8. The van der Waals surface area contributed by atoms with Crippen LogP contribution in [0.2, 0.25) is 0 Å². The molecule has 2 N–H and O–H groups in total. The Morgan fingerprint density at radius 1 is 1.40 bits per heavy atom. The van der Waals surface area contributed by atoms with Gasteiger partial charge in [0.05, 0.1) is 11.4 Å². The number of aromatic nitrogens is 2. The Bertz CT molecular complexity index is 841. The number of anilines is 2. The van der Waals surface area contributed by atoms with Gasteiger partial charge in [0.2, 0.25) is 5.91 Å². The second kappa shape index (κ2) is 6.58. The summed E-state index contributed by atoms with van der Waals surface area (Å²) in [5.41, 5.74) is 4.34. The van der Waals surface area contributed by atoms with Gasteiger partial charge in [-0.1, -0.05) is 0 Å². The minimum Gasteiger partial charge on any atom is -0.479 e. The van der Waals surface area contributed by atoms with E-state index in [-0.39, 0.29) is 11.8 Å². The van der Waals surface area contributed by atoms with Crippen LogP contribution in [0, 0.1) is 13.8 Å². The number of carbonyl (C=O) groups is 2.